The van der Waals surface area contributed by atoms with Crippen molar-refractivity contribution in [3.05, 3.63) is 41.5 Å². The van der Waals surface area contributed by atoms with Gasteiger partial charge in [0.1, 0.15) is 0 Å². The zero-order valence-electron chi connectivity index (χ0n) is 7.51. The predicted molar refractivity (Wildman–Crippen MR) is 54.0 cm³/mol. The molecule has 12 heavy (non-hydrogen) atoms. The summed E-state index contributed by atoms with van der Waals surface area (Å²) in [5.41, 5.74) is 9.36. The lowest BCUT2D eigenvalue weighted by Gasteiger charge is -2.07. The molecule has 0 aromatic heterocycles. The van der Waals surface area contributed by atoms with Crippen LogP contribution in [-0.4, -0.2) is 6.54 Å². The molecule has 0 amide bonds. The zero-order chi connectivity index (χ0) is 8.97. The summed E-state index contributed by atoms with van der Waals surface area (Å²) in [4.78, 5) is 0. The maximum Gasteiger partial charge on any atom is -0.00364 e. The summed E-state index contributed by atoms with van der Waals surface area (Å²) in [5.74, 6) is 0. The van der Waals surface area contributed by atoms with Gasteiger partial charge in [-0.15, -0.1) is 0 Å². The second kappa shape index (κ2) is 4.07. The molecule has 64 valence electrons. The van der Waals surface area contributed by atoms with Crippen LogP contribution in [0.25, 0.3) is 6.08 Å². The fraction of sp³-hybridized carbons (Fsp3) is 0.273. The predicted octanol–water partition coefficient (Wildman–Crippen LogP) is 2.14. The van der Waals surface area contributed by atoms with Gasteiger partial charge >= 0.3 is 0 Å². The van der Waals surface area contributed by atoms with E-state index in [1.165, 1.54) is 16.7 Å². The van der Waals surface area contributed by atoms with Gasteiger partial charge < -0.3 is 5.73 Å². The topological polar surface area (TPSA) is 26.0 Å². The van der Waals surface area contributed by atoms with E-state index in [9.17, 15) is 0 Å². The van der Waals surface area contributed by atoms with Gasteiger partial charge in [-0.1, -0.05) is 30.9 Å². The van der Waals surface area contributed by atoms with Gasteiger partial charge in [0.25, 0.3) is 0 Å². The second-order valence-electron chi connectivity index (χ2n) is 2.89. The summed E-state index contributed by atoms with van der Waals surface area (Å²) in [7, 11) is 0. The lowest BCUT2D eigenvalue weighted by atomic mass is 9.99. The maximum atomic E-state index is 5.52. The first kappa shape index (κ1) is 9.01. The van der Waals surface area contributed by atoms with Crippen LogP contribution in [-0.2, 0) is 6.42 Å². The molecule has 0 aliphatic carbocycles. The van der Waals surface area contributed by atoms with E-state index in [0.717, 1.165) is 6.42 Å². The Morgan fingerprint density at radius 2 is 2.25 bits per heavy atom. The summed E-state index contributed by atoms with van der Waals surface area (Å²) in [6.45, 7) is 6.58. The number of hydrogen-bond donors (Lipinski definition) is 1. The van der Waals surface area contributed by atoms with Crippen molar-refractivity contribution in [1.82, 2.24) is 0 Å². The first-order valence-corrected chi connectivity index (χ1v) is 4.20. The third-order valence-electron chi connectivity index (χ3n) is 2.06. The molecule has 0 atom stereocenters. The molecule has 0 unspecified atom stereocenters. The van der Waals surface area contributed by atoms with E-state index in [1.807, 2.05) is 12.1 Å². The molecule has 0 aliphatic heterocycles. The lowest BCUT2D eigenvalue weighted by molar-refractivity contribution is 0.955. The molecule has 1 heteroatoms. The molecule has 0 spiro atoms. The molecule has 0 saturated carbocycles. The smallest absolute Gasteiger partial charge is 0.00364 e. The van der Waals surface area contributed by atoms with Crippen molar-refractivity contribution in [2.24, 2.45) is 5.73 Å². The molecule has 0 radical (unpaired) electrons. The van der Waals surface area contributed by atoms with Gasteiger partial charge in [0, 0.05) is 0 Å². The highest BCUT2D eigenvalue weighted by Gasteiger charge is 2.00. The number of nitrogens with two attached hydrogens (primary N) is 1. The van der Waals surface area contributed by atoms with Crippen LogP contribution in [0, 0.1) is 6.92 Å². The number of benzene rings is 1. The highest BCUT2D eigenvalue weighted by molar-refractivity contribution is 5.54. The molecule has 0 aliphatic rings. The lowest BCUT2D eigenvalue weighted by Crippen LogP contribution is -2.05. The van der Waals surface area contributed by atoms with Crippen molar-refractivity contribution >= 4 is 6.08 Å². The van der Waals surface area contributed by atoms with Crippen molar-refractivity contribution in [3.8, 4) is 0 Å². The highest BCUT2D eigenvalue weighted by Crippen LogP contribution is 2.15. The molecule has 1 aromatic rings. The van der Waals surface area contributed by atoms with E-state index in [-0.39, 0.29) is 0 Å². The molecule has 1 rings (SSSR count). The Morgan fingerprint density at radius 3 is 2.83 bits per heavy atom. The van der Waals surface area contributed by atoms with E-state index in [2.05, 4.69) is 25.6 Å². The van der Waals surface area contributed by atoms with Crippen LogP contribution in [0.3, 0.4) is 0 Å². The molecule has 0 heterocycles. The van der Waals surface area contributed by atoms with Gasteiger partial charge in [-0.2, -0.15) is 0 Å². The minimum Gasteiger partial charge on any atom is -0.330 e. The second-order valence-corrected chi connectivity index (χ2v) is 2.89. The summed E-state index contributed by atoms with van der Waals surface area (Å²) < 4.78 is 0. The average molecular weight is 161 g/mol. The van der Waals surface area contributed by atoms with Gasteiger partial charge in [-0.25, -0.2) is 0 Å². The molecule has 0 bridgehead atoms. The van der Waals surface area contributed by atoms with Gasteiger partial charge in [0.15, 0.2) is 0 Å². The van der Waals surface area contributed by atoms with Crippen molar-refractivity contribution < 1.29 is 0 Å². The Hall–Kier alpha value is -1.08. The van der Waals surface area contributed by atoms with Crippen LogP contribution in [0.15, 0.2) is 24.8 Å². The highest BCUT2D eigenvalue weighted by atomic mass is 14.5. The Balaban J connectivity index is 3.10. The molecular formula is C11H15N. The first-order valence-electron chi connectivity index (χ1n) is 4.20. The van der Waals surface area contributed by atoms with Crippen LogP contribution < -0.4 is 5.73 Å². The molecule has 0 fully saturated rings. The van der Waals surface area contributed by atoms with E-state index >= 15 is 0 Å². The van der Waals surface area contributed by atoms with Crippen molar-refractivity contribution in [2.45, 2.75) is 13.3 Å². The average Bonchev–Trinajstić information content (AvgIpc) is 2.09. The molecule has 1 aromatic carbocycles. The standard InChI is InChI=1S/C11H15N/c1-3-10-6-4-5-9(2)11(10)7-8-12/h3-6H,1,7-8,12H2,2H3. The molecule has 2 N–H and O–H groups in total. The third-order valence-corrected chi connectivity index (χ3v) is 2.06. The van der Waals surface area contributed by atoms with Gasteiger partial charge in [-0.3, -0.25) is 0 Å². The van der Waals surface area contributed by atoms with Crippen molar-refractivity contribution in [1.29, 1.82) is 0 Å². The number of rotatable bonds is 3. The summed E-state index contributed by atoms with van der Waals surface area (Å²) >= 11 is 0. The number of hydrogen-bond acceptors (Lipinski definition) is 1. The Morgan fingerprint density at radius 1 is 1.50 bits per heavy atom. The van der Waals surface area contributed by atoms with Crippen LogP contribution in [0.4, 0.5) is 0 Å². The largest absolute Gasteiger partial charge is 0.330 e. The SMILES string of the molecule is C=Cc1cccc(C)c1CCN. The molecular weight excluding hydrogens is 146 g/mol. The molecule has 1 nitrogen and oxygen atoms in total. The van der Waals surface area contributed by atoms with Crippen molar-refractivity contribution in [2.75, 3.05) is 6.54 Å². The van der Waals surface area contributed by atoms with E-state index in [0.29, 0.717) is 6.54 Å². The van der Waals surface area contributed by atoms with Crippen LogP contribution in [0.1, 0.15) is 16.7 Å². The maximum absolute atomic E-state index is 5.52. The summed E-state index contributed by atoms with van der Waals surface area (Å²) in [6, 6.07) is 6.23. The van der Waals surface area contributed by atoms with E-state index < -0.39 is 0 Å². The van der Waals surface area contributed by atoms with Crippen LogP contribution in [0.2, 0.25) is 0 Å². The fourth-order valence-electron chi connectivity index (χ4n) is 1.40. The summed E-state index contributed by atoms with van der Waals surface area (Å²) in [5, 5.41) is 0. The minimum absolute atomic E-state index is 0.700. The van der Waals surface area contributed by atoms with Gasteiger partial charge in [0.05, 0.1) is 0 Å². The monoisotopic (exact) mass is 161 g/mol. The Kier molecular flexibility index (Phi) is 3.06. The first-order chi connectivity index (χ1) is 5.79. The summed E-state index contributed by atoms with van der Waals surface area (Å²) in [6.07, 6.45) is 2.83. The van der Waals surface area contributed by atoms with Crippen LogP contribution >= 0.6 is 0 Å². The third kappa shape index (κ3) is 1.74. The fourth-order valence-corrected chi connectivity index (χ4v) is 1.40. The Bertz CT molecular complexity index is 276. The van der Waals surface area contributed by atoms with E-state index in [4.69, 9.17) is 5.73 Å². The van der Waals surface area contributed by atoms with E-state index in [1.54, 1.807) is 0 Å². The number of aryl methyl sites for hydroxylation is 1. The Labute approximate surface area is 73.9 Å². The zero-order valence-corrected chi connectivity index (χ0v) is 7.51. The van der Waals surface area contributed by atoms with Gasteiger partial charge in [0.2, 0.25) is 0 Å². The van der Waals surface area contributed by atoms with Crippen LogP contribution in [0.5, 0.6) is 0 Å². The normalized spacial score (nSPS) is 9.83. The van der Waals surface area contributed by atoms with Crippen molar-refractivity contribution in [3.63, 3.8) is 0 Å². The quantitative estimate of drug-likeness (QED) is 0.722. The minimum atomic E-state index is 0.700. The molecule has 0 saturated heterocycles. The van der Waals surface area contributed by atoms with Gasteiger partial charge in [-0.05, 0) is 36.6 Å².